The first kappa shape index (κ1) is 13.3. The molecule has 1 aromatic heterocycles. The number of benzene rings is 2. The van der Waals surface area contributed by atoms with E-state index in [0.29, 0.717) is 5.56 Å². The van der Waals surface area contributed by atoms with Gasteiger partial charge in [-0.3, -0.25) is 4.79 Å². The molecule has 3 rings (SSSR count). The summed E-state index contributed by atoms with van der Waals surface area (Å²) in [4.78, 5) is 16.5. The number of fused-ring (bicyclic) bond motifs is 1. The quantitative estimate of drug-likeness (QED) is 0.714. The molecule has 1 heterocycles. The predicted molar refractivity (Wildman–Crippen MR) is 86.6 cm³/mol. The first-order valence-electron chi connectivity index (χ1n) is 6.10. The first-order chi connectivity index (χ1) is 9.72. The number of nitrogens with zero attached hydrogens (tertiary/aromatic N) is 1. The molecule has 0 aliphatic heterocycles. The minimum atomic E-state index is 0.0526. The van der Waals surface area contributed by atoms with E-state index in [1.54, 1.807) is 11.3 Å². The molecule has 3 aromatic rings. The molecule has 0 saturated heterocycles. The van der Waals surface area contributed by atoms with Gasteiger partial charge in [-0.1, -0.05) is 51.5 Å². The van der Waals surface area contributed by atoms with Gasteiger partial charge in [-0.05, 0) is 24.3 Å². The van der Waals surface area contributed by atoms with E-state index in [1.807, 2.05) is 48.5 Å². The number of ketones is 1. The summed E-state index contributed by atoms with van der Waals surface area (Å²) in [7, 11) is 0. The van der Waals surface area contributed by atoms with Gasteiger partial charge in [-0.25, -0.2) is 4.98 Å². The van der Waals surface area contributed by atoms with Crippen LogP contribution in [0, 0.1) is 0 Å². The van der Waals surface area contributed by atoms with E-state index in [0.717, 1.165) is 19.8 Å². The number of halogens is 1. The largest absolute Gasteiger partial charge is 0.354 e. The van der Waals surface area contributed by atoms with Gasteiger partial charge < -0.3 is 5.32 Å². The number of aromatic nitrogens is 1. The van der Waals surface area contributed by atoms with Gasteiger partial charge in [0.05, 0.1) is 16.8 Å². The van der Waals surface area contributed by atoms with E-state index in [-0.39, 0.29) is 12.3 Å². The molecule has 2 aromatic carbocycles. The predicted octanol–water partition coefficient (Wildman–Crippen LogP) is 4.35. The Morgan fingerprint density at radius 2 is 1.90 bits per heavy atom. The lowest BCUT2D eigenvalue weighted by molar-refractivity contribution is 0.101. The molecule has 20 heavy (non-hydrogen) atoms. The van der Waals surface area contributed by atoms with Crippen LogP contribution in [0.5, 0.6) is 0 Å². The van der Waals surface area contributed by atoms with Gasteiger partial charge in [-0.2, -0.15) is 0 Å². The first-order valence-corrected chi connectivity index (χ1v) is 7.71. The smallest absolute Gasteiger partial charge is 0.184 e. The molecule has 0 radical (unpaired) electrons. The van der Waals surface area contributed by atoms with E-state index < -0.39 is 0 Å². The van der Waals surface area contributed by atoms with Crippen LogP contribution >= 0.6 is 27.3 Å². The maximum atomic E-state index is 12.0. The van der Waals surface area contributed by atoms with Gasteiger partial charge in [0.15, 0.2) is 10.9 Å². The Balaban J connectivity index is 1.69. The summed E-state index contributed by atoms with van der Waals surface area (Å²) >= 11 is 4.91. The summed E-state index contributed by atoms with van der Waals surface area (Å²) in [6, 6.07) is 15.3. The number of para-hydroxylation sites is 1. The van der Waals surface area contributed by atoms with Crippen molar-refractivity contribution in [2.24, 2.45) is 0 Å². The highest BCUT2D eigenvalue weighted by Crippen LogP contribution is 2.25. The highest BCUT2D eigenvalue weighted by molar-refractivity contribution is 9.10. The number of hydrogen-bond donors (Lipinski definition) is 1. The van der Waals surface area contributed by atoms with E-state index in [9.17, 15) is 4.79 Å². The molecule has 0 atom stereocenters. The Labute approximate surface area is 128 Å². The zero-order chi connectivity index (χ0) is 13.9. The number of carbonyl (C=O) groups is 1. The van der Waals surface area contributed by atoms with Gasteiger partial charge >= 0.3 is 0 Å². The summed E-state index contributed by atoms with van der Waals surface area (Å²) in [6.45, 7) is 0.251. The second kappa shape index (κ2) is 5.73. The second-order valence-corrected chi connectivity index (χ2v) is 6.22. The number of carbonyl (C=O) groups excluding carboxylic acids is 1. The lowest BCUT2D eigenvalue weighted by Crippen LogP contribution is -2.13. The summed E-state index contributed by atoms with van der Waals surface area (Å²) in [5.74, 6) is 0.0526. The van der Waals surface area contributed by atoms with Crippen LogP contribution < -0.4 is 5.32 Å². The fourth-order valence-corrected chi connectivity index (χ4v) is 2.97. The lowest BCUT2D eigenvalue weighted by Gasteiger charge is -2.02. The zero-order valence-corrected chi connectivity index (χ0v) is 12.9. The molecule has 0 fully saturated rings. The van der Waals surface area contributed by atoms with Gasteiger partial charge in [0.25, 0.3) is 0 Å². The third-order valence-corrected chi connectivity index (χ3v) is 4.38. The van der Waals surface area contributed by atoms with Crippen molar-refractivity contribution in [3.8, 4) is 0 Å². The zero-order valence-electron chi connectivity index (χ0n) is 10.5. The van der Waals surface area contributed by atoms with Crippen molar-refractivity contribution < 1.29 is 4.79 Å². The normalized spacial score (nSPS) is 10.7. The molecule has 3 nitrogen and oxygen atoms in total. The molecule has 100 valence electrons. The number of anilines is 1. The number of thiazole rings is 1. The highest BCUT2D eigenvalue weighted by Gasteiger charge is 2.07. The number of rotatable bonds is 4. The summed E-state index contributed by atoms with van der Waals surface area (Å²) in [6.07, 6.45) is 0. The van der Waals surface area contributed by atoms with Crippen LogP contribution in [0.1, 0.15) is 10.4 Å². The minimum Gasteiger partial charge on any atom is -0.354 e. The van der Waals surface area contributed by atoms with E-state index in [1.165, 1.54) is 0 Å². The van der Waals surface area contributed by atoms with E-state index in [4.69, 9.17) is 0 Å². The second-order valence-electron chi connectivity index (χ2n) is 4.27. The number of Topliss-reactive ketones (excluding diaryl/α,β-unsaturated/α-hetero) is 1. The monoisotopic (exact) mass is 346 g/mol. The topological polar surface area (TPSA) is 42.0 Å². The maximum absolute atomic E-state index is 12.0. The van der Waals surface area contributed by atoms with Crippen LogP contribution in [-0.2, 0) is 0 Å². The molecular formula is C15H11BrN2OS. The standard InChI is InChI=1S/C15H11BrN2OS/c16-11-7-5-10(6-8-11)13(19)9-17-15-18-12-3-1-2-4-14(12)20-15/h1-8H,9H2,(H,17,18). The average Bonchev–Trinajstić information content (AvgIpc) is 2.88. The minimum absolute atomic E-state index is 0.0526. The summed E-state index contributed by atoms with van der Waals surface area (Å²) in [5, 5.41) is 3.87. The molecule has 0 bridgehead atoms. The lowest BCUT2D eigenvalue weighted by atomic mass is 10.1. The van der Waals surface area contributed by atoms with E-state index >= 15 is 0 Å². The van der Waals surface area contributed by atoms with Crippen LogP contribution in [0.25, 0.3) is 10.2 Å². The maximum Gasteiger partial charge on any atom is 0.184 e. The molecule has 0 amide bonds. The average molecular weight is 347 g/mol. The fourth-order valence-electron chi connectivity index (χ4n) is 1.84. The van der Waals surface area contributed by atoms with Crippen molar-refractivity contribution in [1.29, 1.82) is 0 Å². The Kier molecular flexibility index (Phi) is 3.80. The molecule has 0 aliphatic carbocycles. The molecule has 0 aliphatic rings. The van der Waals surface area contributed by atoms with Crippen molar-refractivity contribution in [2.75, 3.05) is 11.9 Å². The number of nitrogens with one attached hydrogen (secondary N) is 1. The summed E-state index contributed by atoms with van der Waals surface area (Å²) < 4.78 is 2.08. The Hall–Kier alpha value is -1.72. The third kappa shape index (κ3) is 2.89. The van der Waals surface area contributed by atoms with E-state index in [2.05, 4.69) is 26.2 Å². The summed E-state index contributed by atoms with van der Waals surface area (Å²) in [5.41, 5.74) is 1.65. The van der Waals surface area contributed by atoms with Crippen molar-refractivity contribution in [2.45, 2.75) is 0 Å². The SMILES string of the molecule is O=C(CNc1nc2ccccc2s1)c1ccc(Br)cc1. The molecule has 0 saturated carbocycles. The van der Waals surface area contributed by atoms with Crippen LogP contribution in [-0.4, -0.2) is 17.3 Å². The third-order valence-electron chi connectivity index (χ3n) is 2.86. The molecule has 1 N–H and O–H groups in total. The Morgan fingerprint density at radius 3 is 2.65 bits per heavy atom. The van der Waals surface area contributed by atoms with Crippen molar-refractivity contribution in [3.05, 3.63) is 58.6 Å². The Morgan fingerprint density at radius 1 is 1.15 bits per heavy atom. The van der Waals surface area contributed by atoms with Gasteiger partial charge in [0, 0.05) is 10.0 Å². The van der Waals surface area contributed by atoms with Crippen molar-refractivity contribution in [3.63, 3.8) is 0 Å². The van der Waals surface area contributed by atoms with Crippen molar-refractivity contribution >= 4 is 48.4 Å². The van der Waals surface area contributed by atoms with Crippen LogP contribution in [0.3, 0.4) is 0 Å². The van der Waals surface area contributed by atoms with Gasteiger partial charge in [-0.15, -0.1) is 0 Å². The Bertz CT molecular complexity index is 719. The van der Waals surface area contributed by atoms with Crippen LogP contribution in [0.2, 0.25) is 0 Å². The van der Waals surface area contributed by atoms with Crippen molar-refractivity contribution in [1.82, 2.24) is 4.98 Å². The molecule has 0 spiro atoms. The fraction of sp³-hybridized carbons (Fsp3) is 0.0667. The highest BCUT2D eigenvalue weighted by atomic mass is 79.9. The molecule has 5 heteroatoms. The van der Waals surface area contributed by atoms with Gasteiger partial charge in [0.1, 0.15) is 0 Å². The van der Waals surface area contributed by atoms with Crippen LogP contribution in [0.4, 0.5) is 5.13 Å². The molecule has 0 unspecified atom stereocenters. The number of hydrogen-bond acceptors (Lipinski definition) is 4. The molecular weight excluding hydrogens is 336 g/mol. The van der Waals surface area contributed by atoms with Crippen LogP contribution in [0.15, 0.2) is 53.0 Å². The van der Waals surface area contributed by atoms with Gasteiger partial charge in [0.2, 0.25) is 0 Å².